The molecule has 0 amide bonds. The zero-order valence-corrected chi connectivity index (χ0v) is 11.8. The molecule has 0 aliphatic carbocycles. The van der Waals surface area contributed by atoms with Crippen LogP contribution in [0.4, 0.5) is 0 Å². The molecule has 0 aliphatic heterocycles. The van der Waals surface area contributed by atoms with Gasteiger partial charge >= 0.3 is 0 Å². The summed E-state index contributed by atoms with van der Waals surface area (Å²) < 4.78 is 7.23. The molecule has 0 unspecified atom stereocenters. The quantitative estimate of drug-likeness (QED) is 0.728. The van der Waals surface area contributed by atoms with Gasteiger partial charge in [-0.25, -0.2) is 4.98 Å². The number of fused-ring (bicyclic) bond motifs is 1. The van der Waals surface area contributed by atoms with E-state index in [9.17, 15) is 0 Å². The van der Waals surface area contributed by atoms with E-state index in [1.807, 2.05) is 55.9 Å². The highest BCUT2D eigenvalue weighted by atomic mass is 16.5. The fourth-order valence-electron chi connectivity index (χ4n) is 2.13. The first-order chi connectivity index (χ1) is 9.63. The molecule has 0 N–H and O–H groups in total. The Labute approximate surface area is 117 Å². The molecule has 0 bridgehead atoms. The second kappa shape index (κ2) is 5.05. The highest BCUT2D eigenvalue weighted by Crippen LogP contribution is 2.18. The molecule has 0 saturated heterocycles. The van der Waals surface area contributed by atoms with E-state index < -0.39 is 0 Å². The van der Waals surface area contributed by atoms with E-state index in [1.165, 1.54) is 0 Å². The van der Waals surface area contributed by atoms with Gasteiger partial charge in [-0.15, -0.1) is 0 Å². The van der Waals surface area contributed by atoms with E-state index in [-0.39, 0.29) is 6.04 Å². The molecule has 3 aromatic heterocycles. The molecule has 0 saturated carbocycles. The van der Waals surface area contributed by atoms with E-state index >= 15 is 0 Å². The summed E-state index contributed by atoms with van der Waals surface area (Å²) in [6, 6.07) is 6.03. The highest BCUT2D eigenvalue weighted by Gasteiger charge is 2.18. The third-order valence-corrected chi connectivity index (χ3v) is 3.39. The molecular weight excluding hydrogens is 254 g/mol. The lowest BCUT2D eigenvalue weighted by atomic mass is 10.3. The van der Waals surface area contributed by atoms with Crippen molar-refractivity contribution >= 4 is 5.65 Å². The number of imidazole rings is 1. The molecule has 6 heteroatoms. The Balaban J connectivity index is 1.76. The number of rotatable bonds is 4. The van der Waals surface area contributed by atoms with Gasteiger partial charge in [-0.2, -0.15) is 4.98 Å². The van der Waals surface area contributed by atoms with Crippen molar-refractivity contribution in [2.24, 2.45) is 0 Å². The Bertz CT molecular complexity index is 684. The molecule has 0 fully saturated rings. The maximum Gasteiger partial charge on any atom is 0.243 e. The van der Waals surface area contributed by atoms with Crippen LogP contribution in [-0.2, 0) is 6.54 Å². The van der Waals surface area contributed by atoms with E-state index in [0.717, 1.165) is 17.9 Å². The number of aromatic nitrogens is 4. The molecule has 1 atom stereocenters. The maximum atomic E-state index is 5.22. The van der Waals surface area contributed by atoms with Crippen LogP contribution in [0.3, 0.4) is 0 Å². The number of pyridine rings is 1. The van der Waals surface area contributed by atoms with Crippen molar-refractivity contribution < 1.29 is 4.52 Å². The SMILES string of the molecule is Cc1noc([C@@H](C)N(C)Cc2cn3ccccc3n2)n1. The first-order valence-electron chi connectivity index (χ1n) is 6.56. The molecular formula is C14H17N5O. The predicted octanol–water partition coefficient (Wildman–Crippen LogP) is 2.22. The van der Waals surface area contributed by atoms with Gasteiger partial charge in [0.15, 0.2) is 5.82 Å². The number of hydrogen-bond donors (Lipinski definition) is 0. The van der Waals surface area contributed by atoms with Crippen LogP contribution in [0, 0.1) is 6.92 Å². The van der Waals surface area contributed by atoms with Crippen LogP contribution in [0.5, 0.6) is 0 Å². The normalized spacial score (nSPS) is 13.2. The third-order valence-electron chi connectivity index (χ3n) is 3.39. The molecule has 6 nitrogen and oxygen atoms in total. The van der Waals surface area contributed by atoms with E-state index in [1.54, 1.807) is 0 Å². The van der Waals surface area contributed by atoms with Gasteiger partial charge in [-0.1, -0.05) is 11.2 Å². The van der Waals surface area contributed by atoms with Crippen molar-refractivity contribution in [3.8, 4) is 0 Å². The lowest BCUT2D eigenvalue weighted by Gasteiger charge is -2.20. The first kappa shape index (κ1) is 12.8. The van der Waals surface area contributed by atoms with E-state index in [0.29, 0.717) is 11.7 Å². The first-order valence-corrected chi connectivity index (χ1v) is 6.56. The smallest absolute Gasteiger partial charge is 0.243 e. The van der Waals surface area contributed by atoms with Gasteiger partial charge in [0.1, 0.15) is 5.65 Å². The van der Waals surface area contributed by atoms with Gasteiger partial charge in [0.05, 0.1) is 11.7 Å². The van der Waals surface area contributed by atoms with Crippen molar-refractivity contribution in [2.45, 2.75) is 26.4 Å². The Hall–Kier alpha value is -2.21. The second-order valence-electron chi connectivity index (χ2n) is 4.97. The predicted molar refractivity (Wildman–Crippen MR) is 74.1 cm³/mol. The lowest BCUT2D eigenvalue weighted by molar-refractivity contribution is 0.201. The minimum atomic E-state index is 0.0565. The average molecular weight is 271 g/mol. The lowest BCUT2D eigenvalue weighted by Crippen LogP contribution is -2.22. The van der Waals surface area contributed by atoms with Crippen LogP contribution < -0.4 is 0 Å². The second-order valence-corrected chi connectivity index (χ2v) is 4.97. The summed E-state index contributed by atoms with van der Waals surface area (Å²) in [6.45, 7) is 4.59. The maximum absolute atomic E-state index is 5.22. The standard InChI is InChI=1S/C14H17N5O/c1-10(14-15-11(2)17-20-14)18(3)8-12-9-19-7-5-4-6-13(19)16-12/h4-7,9-10H,8H2,1-3H3/t10-/m1/s1. The van der Waals surface area contributed by atoms with Gasteiger partial charge in [0, 0.05) is 18.9 Å². The van der Waals surface area contributed by atoms with Gasteiger partial charge in [0.2, 0.25) is 5.89 Å². The van der Waals surface area contributed by atoms with Gasteiger partial charge < -0.3 is 8.92 Å². The monoisotopic (exact) mass is 271 g/mol. The van der Waals surface area contributed by atoms with Crippen LogP contribution in [0.25, 0.3) is 5.65 Å². The van der Waals surface area contributed by atoms with Crippen LogP contribution in [0.2, 0.25) is 0 Å². The largest absolute Gasteiger partial charge is 0.338 e. The molecule has 3 aromatic rings. The van der Waals surface area contributed by atoms with E-state index in [2.05, 4.69) is 20.0 Å². The van der Waals surface area contributed by atoms with Crippen molar-refractivity contribution in [3.05, 3.63) is 48.0 Å². The number of nitrogens with zero attached hydrogens (tertiary/aromatic N) is 5. The zero-order chi connectivity index (χ0) is 14.1. The Morgan fingerprint density at radius 3 is 2.90 bits per heavy atom. The summed E-state index contributed by atoms with van der Waals surface area (Å²) in [7, 11) is 2.02. The summed E-state index contributed by atoms with van der Waals surface area (Å²) in [5.74, 6) is 1.29. The van der Waals surface area contributed by atoms with Crippen LogP contribution in [0.1, 0.15) is 30.4 Å². The summed E-state index contributed by atoms with van der Waals surface area (Å²) in [6.07, 6.45) is 4.04. The van der Waals surface area contributed by atoms with Gasteiger partial charge in [0.25, 0.3) is 0 Å². The van der Waals surface area contributed by atoms with Crippen LogP contribution in [0.15, 0.2) is 35.1 Å². The van der Waals surface area contributed by atoms with Crippen molar-refractivity contribution in [1.29, 1.82) is 0 Å². The Morgan fingerprint density at radius 1 is 1.35 bits per heavy atom. The fraction of sp³-hybridized carbons (Fsp3) is 0.357. The van der Waals surface area contributed by atoms with Crippen molar-refractivity contribution in [3.63, 3.8) is 0 Å². The molecule has 3 rings (SSSR count). The Kier molecular flexibility index (Phi) is 3.23. The third kappa shape index (κ3) is 2.42. The summed E-state index contributed by atoms with van der Waals surface area (Å²) in [5.41, 5.74) is 1.97. The van der Waals surface area contributed by atoms with Gasteiger partial charge in [-0.05, 0) is 33.0 Å². The average Bonchev–Trinajstić information content (AvgIpc) is 3.03. The van der Waals surface area contributed by atoms with Crippen LogP contribution >= 0.6 is 0 Å². The van der Waals surface area contributed by atoms with Gasteiger partial charge in [-0.3, -0.25) is 4.90 Å². The zero-order valence-electron chi connectivity index (χ0n) is 11.8. The molecule has 104 valence electrons. The molecule has 0 aliphatic rings. The molecule has 0 spiro atoms. The Morgan fingerprint density at radius 2 is 2.20 bits per heavy atom. The minimum absolute atomic E-state index is 0.0565. The van der Waals surface area contributed by atoms with Crippen molar-refractivity contribution in [1.82, 2.24) is 24.4 Å². The summed E-state index contributed by atoms with van der Waals surface area (Å²) in [4.78, 5) is 11.0. The molecule has 3 heterocycles. The summed E-state index contributed by atoms with van der Waals surface area (Å²) >= 11 is 0. The molecule has 20 heavy (non-hydrogen) atoms. The topological polar surface area (TPSA) is 59.5 Å². The van der Waals surface area contributed by atoms with E-state index in [4.69, 9.17) is 4.52 Å². The van der Waals surface area contributed by atoms with Crippen molar-refractivity contribution in [2.75, 3.05) is 7.05 Å². The number of aryl methyl sites for hydroxylation is 1. The summed E-state index contributed by atoms with van der Waals surface area (Å²) in [5, 5.41) is 3.83. The molecule has 0 radical (unpaired) electrons. The molecule has 0 aromatic carbocycles. The number of hydrogen-bond acceptors (Lipinski definition) is 5. The fourth-order valence-corrected chi connectivity index (χ4v) is 2.13. The highest BCUT2D eigenvalue weighted by molar-refractivity contribution is 5.39. The minimum Gasteiger partial charge on any atom is -0.338 e. The van der Waals surface area contributed by atoms with Crippen LogP contribution in [-0.4, -0.2) is 31.5 Å².